The van der Waals surface area contributed by atoms with Crippen molar-refractivity contribution in [3.05, 3.63) is 90.0 Å². The predicted octanol–water partition coefficient (Wildman–Crippen LogP) is 4.78. The number of carbonyl (C=O) groups excluding carboxylic acids is 1. The van der Waals surface area contributed by atoms with Crippen LogP contribution in [0.3, 0.4) is 0 Å². The lowest BCUT2D eigenvalue weighted by atomic mass is 10.1. The molecule has 0 aromatic heterocycles. The van der Waals surface area contributed by atoms with Crippen molar-refractivity contribution in [1.29, 1.82) is 0 Å². The van der Waals surface area contributed by atoms with E-state index in [0.717, 1.165) is 28.6 Å². The van der Waals surface area contributed by atoms with Crippen LogP contribution in [0.5, 0.6) is 0 Å². The number of benzene rings is 3. The van der Waals surface area contributed by atoms with Crippen molar-refractivity contribution in [2.45, 2.75) is 11.1 Å². The molecular weight excluding hydrogens is 417 g/mol. The second-order valence-corrected chi connectivity index (χ2v) is 8.33. The van der Waals surface area contributed by atoms with Crippen LogP contribution in [0.15, 0.2) is 83.8 Å². The van der Waals surface area contributed by atoms with Crippen LogP contribution in [0, 0.1) is 0 Å². The van der Waals surface area contributed by atoms with Gasteiger partial charge in [-0.2, -0.15) is 13.2 Å². The fourth-order valence-electron chi connectivity index (χ4n) is 2.66. The predicted molar refractivity (Wildman–Crippen MR) is 108 cm³/mol. The minimum absolute atomic E-state index is 0.136. The Morgan fingerprint density at radius 3 is 1.97 bits per heavy atom. The van der Waals surface area contributed by atoms with Gasteiger partial charge in [-0.1, -0.05) is 18.2 Å². The summed E-state index contributed by atoms with van der Waals surface area (Å²) < 4.78 is 64.2. The van der Waals surface area contributed by atoms with Crippen LogP contribution in [0.4, 0.5) is 24.5 Å². The number of carbonyl (C=O) groups is 1. The zero-order chi connectivity index (χ0) is 21.9. The zero-order valence-corrected chi connectivity index (χ0v) is 16.5. The molecule has 0 spiro atoms. The van der Waals surface area contributed by atoms with Gasteiger partial charge in [0.2, 0.25) is 0 Å². The molecule has 0 saturated carbocycles. The van der Waals surface area contributed by atoms with Crippen molar-refractivity contribution < 1.29 is 26.4 Å². The first-order valence-corrected chi connectivity index (χ1v) is 10.2. The van der Waals surface area contributed by atoms with Crippen molar-refractivity contribution in [3.63, 3.8) is 0 Å². The number of halogens is 3. The van der Waals surface area contributed by atoms with E-state index in [9.17, 15) is 26.4 Å². The molecular formula is C21H17F3N2O3S. The van der Waals surface area contributed by atoms with E-state index in [4.69, 9.17) is 0 Å². The van der Waals surface area contributed by atoms with E-state index in [0.29, 0.717) is 5.69 Å². The maximum atomic E-state index is 12.7. The average Bonchev–Trinajstić information content (AvgIpc) is 2.73. The molecule has 0 heterocycles. The van der Waals surface area contributed by atoms with Gasteiger partial charge in [0.25, 0.3) is 15.9 Å². The van der Waals surface area contributed by atoms with Crippen LogP contribution >= 0.6 is 0 Å². The number of sulfonamides is 1. The zero-order valence-electron chi connectivity index (χ0n) is 15.7. The Morgan fingerprint density at radius 1 is 0.867 bits per heavy atom. The molecule has 3 rings (SSSR count). The molecule has 30 heavy (non-hydrogen) atoms. The fraction of sp³-hybridized carbons (Fsp3) is 0.0952. The molecule has 1 amide bonds. The first-order chi connectivity index (χ1) is 14.1. The van der Waals surface area contributed by atoms with E-state index < -0.39 is 27.7 Å². The van der Waals surface area contributed by atoms with E-state index >= 15 is 0 Å². The molecule has 156 valence electrons. The highest BCUT2D eigenvalue weighted by Gasteiger charge is 2.30. The summed E-state index contributed by atoms with van der Waals surface area (Å²) in [6.45, 7) is 0. The number of rotatable bonds is 5. The van der Waals surface area contributed by atoms with Crippen molar-refractivity contribution in [1.82, 2.24) is 0 Å². The summed E-state index contributed by atoms with van der Waals surface area (Å²) >= 11 is 0. The summed E-state index contributed by atoms with van der Waals surface area (Å²) in [6.07, 6.45) is -4.45. The van der Waals surface area contributed by atoms with Gasteiger partial charge >= 0.3 is 6.18 Å². The van der Waals surface area contributed by atoms with Gasteiger partial charge < -0.3 is 5.32 Å². The van der Waals surface area contributed by atoms with E-state index in [1.807, 2.05) is 0 Å². The highest BCUT2D eigenvalue weighted by molar-refractivity contribution is 7.92. The van der Waals surface area contributed by atoms with Crippen molar-refractivity contribution >= 4 is 27.3 Å². The molecule has 0 fully saturated rings. The van der Waals surface area contributed by atoms with E-state index in [2.05, 4.69) is 5.32 Å². The molecule has 1 N–H and O–H groups in total. The molecule has 0 aliphatic heterocycles. The van der Waals surface area contributed by atoms with Crippen molar-refractivity contribution in [3.8, 4) is 0 Å². The maximum absolute atomic E-state index is 12.7. The van der Waals surface area contributed by atoms with Crippen LogP contribution in [-0.2, 0) is 16.2 Å². The molecule has 0 saturated heterocycles. The largest absolute Gasteiger partial charge is 0.416 e. The summed E-state index contributed by atoms with van der Waals surface area (Å²) in [5.74, 6) is -0.533. The minimum atomic E-state index is -4.45. The molecule has 0 unspecified atom stereocenters. The highest BCUT2D eigenvalue weighted by Crippen LogP contribution is 2.30. The third-order valence-corrected chi connectivity index (χ3v) is 6.16. The Hall–Kier alpha value is -3.33. The van der Waals surface area contributed by atoms with Crippen LogP contribution in [0.2, 0.25) is 0 Å². The standard InChI is InChI=1S/C21H17F3N2O3S/c1-26(30(28,29)19-5-3-2-4-6-19)18-13-7-15(8-14-18)20(27)25-17-11-9-16(10-12-17)21(22,23)24/h2-14H,1H3,(H,25,27). The second kappa shape index (κ2) is 8.19. The summed E-state index contributed by atoms with van der Waals surface area (Å²) in [6, 6.07) is 17.8. The number of hydrogen-bond acceptors (Lipinski definition) is 3. The van der Waals surface area contributed by atoms with Crippen LogP contribution in [0.1, 0.15) is 15.9 Å². The number of anilines is 2. The molecule has 0 radical (unpaired) electrons. The van der Waals surface area contributed by atoms with Crippen molar-refractivity contribution in [2.75, 3.05) is 16.7 Å². The summed E-state index contributed by atoms with van der Waals surface area (Å²) in [5, 5.41) is 2.50. The molecule has 3 aromatic rings. The fourth-order valence-corrected chi connectivity index (χ4v) is 3.87. The lowest BCUT2D eigenvalue weighted by Crippen LogP contribution is -2.26. The minimum Gasteiger partial charge on any atom is -0.322 e. The van der Waals surface area contributed by atoms with Crippen LogP contribution in [0.25, 0.3) is 0 Å². The van der Waals surface area contributed by atoms with Crippen LogP contribution in [-0.4, -0.2) is 21.4 Å². The first-order valence-electron chi connectivity index (χ1n) is 8.72. The molecule has 9 heteroatoms. The Kier molecular flexibility index (Phi) is 5.84. The van der Waals surface area contributed by atoms with Gasteiger partial charge in [-0.15, -0.1) is 0 Å². The third-order valence-electron chi connectivity index (χ3n) is 4.36. The molecule has 3 aromatic carbocycles. The first kappa shape index (κ1) is 21.4. The van der Waals surface area contributed by atoms with E-state index in [1.54, 1.807) is 18.2 Å². The van der Waals surface area contributed by atoms with Gasteiger partial charge in [0.15, 0.2) is 0 Å². The quantitative estimate of drug-likeness (QED) is 0.628. The SMILES string of the molecule is CN(c1ccc(C(=O)Nc2ccc(C(F)(F)F)cc2)cc1)S(=O)(=O)c1ccccc1. The second-order valence-electron chi connectivity index (χ2n) is 6.36. The number of amides is 1. The van der Waals surface area contributed by atoms with Gasteiger partial charge in [-0.25, -0.2) is 8.42 Å². The van der Waals surface area contributed by atoms with Crippen LogP contribution < -0.4 is 9.62 Å². The highest BCUT2D eigenvalue weighted by atomic mass is 32.2. The lowest BCUT2D eigenvalue weighted by molar-refractivity contribution is -0.137. The van der Waals surface area contributed by atoms with Gasteiger partial charge in [0.05, 0.1) is 16.1 Å². The lowest BCUT2D eigenvalue weighted by Gasteiger charge is -2.19. The van der Waals surface area contributed by atoms with Gasteiger partial charge in [-0.3, -0.25) is 9.10 Å². The molecule has 0 aliphatic rings. The smallest absolute Gasteiger partial charge is 0.322 e. The molecule has 5 nitrogen and oxygen atoms in total. The Bertz CT molecular complexity index is 1130. The molecule has 0 bridgehead atoms. The summed E-state index contributed by atoms with van der Waals surface area (Å²) in [7, 11) is -2.35. The Labute approximate surface area is 171 Å². The monoisotopic (exact) mass is 434 g/mol. The topological polar surface area (TPSA) is 66.5 Å². The summed E-state index contributed by atoms with van der Waals surface area (Å²) in [4.78, 5) is 12.5. The van der Waals surface area contributed by atoms with Gasteiger partial charge in [-0.05, 0) is 60.7 Å². The Balaban J connectivity index is 1.73. The average molecular weight is 434 g/mol. The number of alkyl halides is 3. The summed E-state index contributed by atoms with van der Waals surface area (Å²) in [5.41, 5.74) is -0.0255. The normalized spacial score (nSPS) is 11.7. The molecule has 0 atom stereocenters. The van der Waals surface area contributed by atoms with Crippen molar-refractivity contribution in [2.24, 2.45) is 0 Å². The van der Waals surface area contributed by atoms with Gasteiger partial charge in [0.1, 0.15) is 0 Å². The van der Waals surface area contributed by atoms with E-state index in [1.165, 1.54) is 43.4 Å². The number of hydrogen-bond donors (Lipinski definition) is 1. The number of nitrogens with zero attached hydrogens (tertiary/aromatic N) is 1. The van der Waals surface area contributed by atoms with Gasteiger partial charge in [0, 0.05) is 18.3 Å². The third kappa shape index (κ3) is 4.62. The maximum Gasteiger partial charge on any atom is 0.416 e. The van der Waals surface area contributed by atoms with E-state index in [-0.39, 0.29) is 16.1 Å². The molecule has 0 aliphatic carbocycles. The Morgan fingerprint density at radius 2 is 1.43 bits per heavy atom. The number of nitrogens with one attached hydrogen (secondary N) is 1.